The van der Waals surface area contributed by atoms with Crippen molar-refractivity contribution in [3.63, 3.8) is 0 Å². The van der Waals surface area contributed by atoms with E-state index in [1.54, 1.807) is 6.07 Å². The SMILES string of the molecule is C.Cc1ccc(N)c(C)c1.Cc1cccc(C#N)c1. The zero-order valence-electron chi connectivity index (χ0n) is 11.1. The minimum Gasteiger partial charge on any atom is -0.399 e. The van der Waals surface area contributed by atoms with E-state index in [2.05, 4.69) is 19.1 Å². The highest BCUT2D eigenvalue weighted by atomic mass is 14.5. The van der Waals surface area contributed by atoms with Crippen molar-refractivity contribution in [1.82, 2.24) is 0 Å². The molecule has 19 heavy (non-hydrogen) atoms. The van der Waals surface area contributed by atoms with Gasteiger partial charge in [0.1, 0.15) is 0 Å². The van der Waals surface area contributed by atoms with Gasteiger partial charge in [0, 0.05) is 5.69 Å². The van der Waals surface area contributed by atoms with Crippen LogP contribution < -0.4 is 5.73 Å². The highest BCUT2D eigenvalue weighted by Gasteiger charge is 1.89. The molecule has 2 aromatic rings. The van der Waals surface area contributed by atoms with Gasteiger partial charge in [0.2, 0.25) is 0 Å². The molecule has 2 N–H and O–H groups in total. The van der Waals surface area contributed by atoms with Gasteiger partial charge in [-0.2, -0.15) is 5.26 Å². The molecule has 0 aliphatic carbocycles. The molecule has 2 aromatic carbocycles. The van der Waals surface area contributed by atoms with Crippen molar-refractivity contribution in [2.75, 3.05) is 5.73 Å². The van der Waals surface area contributed by atoms with Crippen LogP contribution in [-0.4, -0.2) is 0 Å². The Balaban J connectivity index is 0.000000324. The quantitative estimate of drug-likeness (QED) is 0.709. The summed E-state index contributed by atoms with van der Waals surface area (Å²) in [6.45, 7) is 6.05. The van der Waals surface area contributed by atoms with Crippen LogP contribution in [-0.2, 0) is 0 Å². The Hall–Kier alpha value is -2.27. The van der Waals surface area contributed by atoms with Gasteiger partial charge in [0.25, 0.3) is 0 Å². The second-order valence-electron chi connectivity index (χ2n) is 4.34. The van der Waals surface area contributed by atoms with Gasteiger partial charge in [0.15, 0.2) is 0 Å². The highest BCUT2D eigenvalue weighted by molar-refractivity contribution is 5.47. The molecule has 0 fully saturated rings. The molecule has 2 heteroatoms. The van der Waals surface area contributed by atoms with Gasteiger partial charge < -0.3 is 5.73 Å². The summed E-state index contributed by atoms with van der Waals surface area (Å²) in [5.74, 6) is 0. The molecule has 0 aliphatic rings. The van der Waals surface area contributed by atoms with Crippen LogP contribution in [0.5, 0.6) is 0 Å². The number of hydrogen-bond donors (Lipinski definition) is 1. The molecule has 0 atom stereocenters. The van der Waals surface area contributed by atoms with Crippen LogP contribution >= 0.6 is 0 Å². The Morgan fingerprint density at radius 1 is 0.947 bits per heavy atom. The number of nitriles is 1. The average Bonchev–Trinajstić information content (AvgIpc) is 2.35. The first-order valence-electron chi connectivity index (χ1n) is 5.82. The number of benzene rings is 2. The zero-order valence-corrected chi connectivity index (χ0v) is 11.1. The largest absolute Gasteiger partial charge is 0.399 e. The van der Waals surface area contributed by atoms with Crippen LogP contribution in [0.15, 0.2) is 42.5 Å². The second kappa shape index (κ2) is 7.94. The van der Waals surface area contributed by atoms with Crippen LogP contribution in [0.4, 0.5) is 5.69 Å². The molecular weight excluding hydrogens is 232 g/mol. The van der Waals surface area contributed by atoms with E-state index in [0.717, 1.165) is 22.4 Å². The van der Waals surface area contributed by atoms with Gasteiger partial charge in [-0.25, -0.2) is 0 Å². The number of hydrogen-bond acceptors (Lipinski definition) is 2. The lowest BCUT2D eigenvalue weighted by molar-refractivity contribution is 1.39. The minimum absolute atomic E-state index is 0. The summed E-state index contributed by atoms with van der Waals surface area (Å²) >= 11 is 0. The molecule has 100 valence electrons. The van der Waals surface area contributed by atoms with Crippen molar-refractivity contribution in [2.24, 2.45) is 0 Å². The van der Waals surface area contributed by atoms with Crippen LogP contribution in [0.1, 0.15) is 29.7 Å². The topological polar surface area (TPSA) is 49.8 Å². The summed E-state index contributed by atoms with van der Waals surface area (Å²) in [4.78, 5) is 0. The summed E-state index contributed by atoms with van der Waals surface area (Å²) < 4.78 is 0. The lowest BCUT2D eigenvalue weighted by Gasteiger charge is -1.98. The maximum atomic E-state index is 8.41. The van der Waals surface area contributed by atoms with Gasteiger partial charge in [0.05, 0.1) is 11.6 Å². The molecule has 2 nitrogen and oxygen atoms in total. The first-order chi connectivity index (χ1) is 8.52. The van der Waals surface area contributed by atoms with E-state index >= 15 is 0 Å². The summed E-state index contributed by atoms with van der Waals surface area (Å²) in [7, 11) is 0. The summed E-state index contributed by atoms with van der Waals surface area (Å²) in [5, 5.41) is 8.41. The fourth-order valence-electron chi connectivity index (χ4n) is 1.54. The molecule has 0 saturated carbocycles. The van der Waals surface area contributed by atoms with Crippen molar-refractivity contribution in [1.29, 1.82) is 5.26 Å². The predicted molar refractivity (Wildman–Crippen MR) is 83.0 cm³/mol. The third-order valence-electron chi connectivity index (χ3n) is 2.57. The number of nitrogens with two attached hydrogens (primary N) is 1. The fourth-order valence-corrected chi connectivity index (χ4v) is 1.54. The van der Waals surface area contributed by atoms with E-state index in [-0.39, 0.29) is 7.43 Å². The predicted octanol–water partition coefficient (Wildman–Crippen LogP) is 4.39. The molecule has 0 amide bonds. The molecule has 0 aromatic heterocycles. The lowest BCUT2D eigenvalue weighted by atomic mass is 10.1. The zero-order chi connectivity index (χ0) is 13.5. The van der Waals surface area contributed by atoms with E-state index in [1.807, 2.05) is 44.2 Å². The molecule has 0 unspecified atom stereocenters. The lowest BCUT2D eigenvalue weighted by Crippen LogP contribution is -1.88. The van der Waals surface area contributed by atoms with Crippen molar-refractivity contribution >= 4 is 5.69 Å². The molecule has 0 bridgehead atoms. The van der Waals surface area contributed by atoms with Crippen LogP contribution in [0, 0.1) is 32.1 Å². The molecule has 2 rings (SSSR count). The molecule has 0 saturated heterocycles. The van der Waals surface area contributed by atoms with E-state index in [1.165, 1.54) is 5.56 Å². The Kier molecular flexibility index (Phi) is 6.99. The third kappa shape index (κ3) is 5.74. The Bertz CT molecular complexity index is 566. The third-order valence-corrected chi connectivity index (χ3v) is 2.57. The molecular formula is C17H22N2. The average molecular weight is 254 g/mol. The Morgan fingerprint density at radius 2 is 1.58 bits per heavy atom. The number of anilines is 1. The molecule has 0 spiro atoms. The van der Waals surface area contributed by atoms with Crippen molar-refractivity contribution < 1.29 is 0 Å². The fraction of sp³-hybridized carbons (Fsp3) is 0.235. The minimum atomic E-state index is 0. The highest BCUT2D eigenvalue weighted by Crippen LogP contribution is 2.10. The van der Waals surface area contributed by atoms with Crippen LogP contribution in [0.2, 0.25) is 0 Å². The van der Waals surface area contributed by atoms with E-state index in [9.17, 15) is 0 Å². The number of aryl methyl sites for hydroxylation is 3. The first kappa shape index (κ1) is 16.7. The van der Waals surface area contributed by atoms with E-state index in [0.29, 0.717) is 0 Å². The standard InChI is InChI=1S/C8H11N.C8H7N.CH4/c1-6-3-4-8(9)7(2)5-6;1-7-3-2-4-8(5-7)6-9;/h3-5H,9H2,1-2H3;2-5H,1H3;1H4. The second-order valence-corrected chi connectivity index (χ2v) is 4.34. The summed E-state index contributed by atoms with van der Waals surface area (Å²) in [6, 6.07) is 15.6. The number of nitrogens with zero attached hydrogens (tertiary/aromatic N) is 1. The van der Waals surface area contributed by atoms with Crippen molar-refractivity contribution in [3.05, 3.63) is 64.7 Å². The first-order valence-corrected chi connectivity index (χ1v) is 5.82. The van der Waals surface area contributed by atoms with Crippen molar-refractivity contribution in [2.45, 2.75) is 28.2 Å². The van der Waals surface area contributed by atoms with Gasteiger partial charge in [-0.05, 0) is 50.1 Å². The monoisotopic (exact) mass is 254 g/mol. The molecule has 0 radical (unpaired) electrons. The molecule has 0 aliphatic heterocycles. The molecule has 0 heterocycles. The maximum Gasteiger partial charge on any atom is 0.0991 e. The van der Waals surface area contributed by atoms with Crippen LogP contribution in [0.25, 0.3) is 0 Å². The number of nitrogen functional groups attached to an aromatic ring is 1. The summed E-state index contributed by atoms with van der Waals surface area (Å²) in [5.41, 5.74) is 10.8. The number of rotatable bonds is 0. The van der Waals surface area contributed by atoms with Gasteiger partial charge in [-0.15, -0.1) is 0 Å². The van der Waals surface area contributed by atoms with Crippen molar-refractivity contribution in [3.8, 4) is 6.07 Å². The Labute approximate surface area is 116 Å². The van der Waals surface area contributed by atoms with Crippen LogP contribution in [0.3, 0.4) is 0 Å². The smallest absolute Gasteiger partial charge is 0.0991 e. The van der Waals surface area contributed by atoms with Gasteiger partial charge >= 0.3 is 0 Å². The van der Waals surface area contributed by atoms with E-state index in [4.69, 9.17) is 11.0 Å². The maximum absolute atomic E-state index is 8.41. The normalized spacial score (nSPS) is 8.53. The van der Waals surface area contributed by atoms with Gasteiger partial charge in [-0.1, -0.05) is 37.3 Å². The summed E-state index contributed by atoms with van der Waals surface area (Å²) in [6.07, 6.45) is 0. The van der Waals surface area contributed by atoms with E-state index < -0.39 is 0 Å². The van der Waals surface area contributed by atoms with Gasteiger partial charge in [-0.3, -0.25) is 0 Å². The Morgan fingerprint density at radius 3 is 2.00 bits per heavy atom.